The number of nitrogens with one attached hydrogen (secondary N) is 1. The second kappa shape index (κ2) is 4.33. The molecule has 0 radical (unpaired) electrons. The van der Waals surface area contributed by atoms with Gasteiger partial charge in [-0.25, -0.2) is 0 Å². The van der Waals surface area contributed by atoms with Crippen molar-refractivity contribution in [1.82, 2.24) is 5.32 Å². The summed E-state index contributed by atoms with van der Waals surface area (Å²) in [5, 5.41) is 2.98. The summed E-state index contributed by atoms with van der Waals surface area (Å²) in [6, 6.07) is -0.345. The van der Waals surface area contributed by atoms with Crippen molar-refractivity contribution >= 4 is 17.7 Å². The molecule has 0 aromatic carbocycles. The molecule has 1 aliphatic heterocycles. The Kier molecular flexibility index (Phi) is 3.58. The first-order valence-corrected chi connectivity index (χ1v) is 5.32. The second-order valence-electron chi connectivity index (χ2n) is 3.66. The number of carbonyl (C=O) groups is 1. The minimum Gasteiger partial charge on any atom is -0.460 e. The quantitative estimate of drug-likeness (QED) is 0.529. The van der Waals surface area contributed by atoms with Crippen LogP contribution in [0.5, 0.6) is 0 Å². The normalized spacial score (nSPS) is 29.9. The van der Waals surface area contributed by atoms with E-state index in [1.165, 1.54) is 11.8 Å². The van der Waals surface area contributed by atoms with Crippen molar-refractivity contribution in [3.8, 4) is 0 Å². The van der Waals surface area contributed by atoms with Gasteiger partial charge in [-0.1, -0.05) is 12.7 Å². The van der Waals surface area contributed by atoms with E-state index in [0.29, 0.717) is 0 Å². The van der Waals surface area contributed by atoms with Crippen LogP contribution < -0.4 is 11.1 Å². The maximum Gasteiger partial charge on any atom is 0.324 e. The molecule has 1 aliphatic rings. The first-order chi connectivity index (χ1) is 6.47. The van der Waals surface area contributed by atoms with E-state index in [2.05, 4.69) is 11.9 Å². The van der Waals surface area contributed by atoms with Crippen LogP contribution in [0.3, 0.4) is 0 Å². The highest BCUT2D eigenvalue weighted by Crippen LogP contribution is 2.36. The Balaban J connectivity index is 2.58. The van der Waals surface area contributed by atoms with Gasteiger partial charge in [0.05, 0.1) is 0 Å². The zero-order chi connectivity index (χ0) is 10.8. The number of nitrogens with two attached hydrogens (primary N) is 1. The summed E-state index contributed by atoms with van der Waals surface area (Å²) in [6.07, 6.45) is 1.55. The minimum absolute atomic E-state index is 0.203. The monoisotopic (exact) mass is 216 g/mol. The Bertz CT molecular complexity index is 243. The molecular weight excluding hydrogens is 200 g/mol. The Labute approximate surface area is 88.3 Å². The zero-order valence-electron chi connectivity index (χ0n) is 8.45. The summed E-state index contributed by atoms with van der Waals surface area (Å²) in [6.45, 7) is 7.67. The van der Waals surface area contributed by atoms with Crippen molar-refractivity contribution < 1.29 is 9.53 Å². The number of rotatable bonds is 3. The molecule has 1 rings (SSSR count). The maximum absolute atomic E-state index is 11.6. The van der Waals surface area contributed by atoms with Gasteiger partial charge >= 0.3 is 5.97 Å². The van der Waals surface area contributed by atoms with Crippen molar-refractivity contribution in [3.63, 3.8) is 0 Å². The van der Waals surface area contributed by atoms with Crippen molar-refractivity contribution in [3.05, 3.63) is 12.7 Å². The molecule has 0 aromatic rings. The summed E-state index contributed by atoms with van der Waals surface area (Å²) in [7, 11) is 0. The standard InChI is InChI=1S/C9H16N2O2S/c1-4-5-13-7(12)6-9(2,3)14-8(10)11-6/h4,6,8,11H,1,5,10H2,2-3H3. The third-order valence-corrected chi connectivity index (χ3v) is 3.27. The predicted octanol–water partition coefficient (Wildman–Crippen LogP) is 0.441. The summed E-state index contributed by atoms with van der Waals surface area (Å²) >= 11 is 1.53. The summed E-state index contributed by atoms with van der Waals surface area (Å²) in [5.74, 6) is -0.268. The van der Waals surface area contributed by atoms with Gasteiger partial charge in [-0.15, -0.1) is 11.8 Å². The topological polar surface area (TPSA) is 64.3 Å². The van der Waals surface area contributed by atoms with Crippen molar-refractivity contribution in [2.45, 2.75) is 30.1 Å². The average Bonchev–Trinajstić information content (AvgIpc) is 2.35. The number of thioether (sulfide) groups is 1. The van der Waals surface area contributed by atoms with Crippen molar-refractivity contribution in [1.29, 1.82) is 0 Å². The fourth-order valence-corrected chi connectivity index (χ4v) is 2.53. The molecule has 2 unspecified atom stereocenters. The van der Waals surface area contributed by atoms with Crippen LogP contribution in [0.1, 0.15) is 13.8 Å². The van der Waals surface area contributed by atoms with Gasteiger partial charge in [0, 0.05) is 4.75 Å². The lowest BCUT2D eigenvalue weighted by Crippen LogP contribution is -2.47. The summed E-state index contributed by atoms with van der Waals surface area (Å²) < 4.78 is 4.75. The van der Waals surface area contributed by atoms with Gasteiger partial charge in [0.1, 0.15) is 18.1 Å². The zero-order valence-corrected chi connectivity index (χ0v) is 9.26. The van der Waals surface area contributed by atoms with Gasteiger partial charge in [0.25, 0.3) is 0 Å². The van der Waals surface area contributed by atoms with E-state index < -0.39 is 0 Å². The molecule has 0 aromatic heterocycles. The Hall–Kier alpha value is -0.520. The van der Waals surface area contributed by atoms with Crippen LogP contribution in [0.2, 0.25) is 0 Å². The van der Waals surface area contributed by atoms with E-state index in [-0.39, 0.29) is 28.9 Å². The molecule has 0 saturated carbocycles. The molecule has 0 spiro atoms. The lowest BCUT2D eigenvalue weighted by Gasteiger charge is -2.22. The minimum atomic E-state index is -0.345. The van der Waals surface area contributed by atoms with E-state index in [1.807, 2.05) is 13.8 Å². The van der Waals surface area contributed by atoms with Crippen molar-refractivity contribution in [2.75, 3.05) is 6.61 Å². The number of ether oxygens (including phenoxy) is 1. The summed E-state index contributed by atoms with van der Waals surface area (Å²) in [4.78, 5) is 11.6. The lowest BCUT2D eigenvalue weighted by molar-refractivity contribution is -0.145. The highest BCUT2D eigenvalue weighted by atomic mass is 32.2. The smallest absolute Gasteiger partial charge is 0.324 e. The maximum atomic E-state index is 11.6. The average molecular weight is 216 g/mol. The molecule has 14 heavy (non-hydrogen) atoms. The molecule has 0 amide bonds. The predicted molar refractivity (Wildman–Crippen MR) is 57.7 cm³/mol. The van der Waals surface area contributed by atoms with Crippen molar-refractivity contribution in [2.24, 2.45) is 5.73 Å². The lowest BCUT2D eigenvalue weighted by atomic mass is 10.0. The Morgan fingerprint density at radius 1 is 1.79 bits per heavy atom. The molecule has 2 atom stereocenters. The van der Waals surface area contributed by atoms with Gasteiger partial charge in [0.15, 0.2) is 0 Å². The van der Waals surface area contributed by atoms with E-state index in [4.69, 9.17) is 10.5 Å². The molecule has 0 aliphatic carbocycles. The van der Waals surface area contributed by atoms with Gasteiger partial charge in [-0.3, -0.25) is 10.1 Å². The molecule has 5 heteroatoms. The molecule has 3 N–H and O–H groups in total. The Morgan fingerprint density at radius 2 is 2.43 bits per heavy atom. The largest absolute Gasteiger partial charge is 0.460 e. The first-order valence-electron chi connectivity index (χ1n) is 4.44. The fraction of sp³-hybridized carbons (Fsp3) is 0.667. The fourth-order valence-electron chi connectivity index (χ4n) is 1.37. The highest BCUT2D eigenvalue weighted by Gasteiger charge is 2.44. The van der Waals surface area contributed by atoms with Gasteiger partial charge in [0.2, 0.25) is 0 Å². The van der Waals surface area contributed by atoms with Gasteiger partial charge in [-0.2, -0.15) is 0 Å². The van der Waals surface area contributed by atoms with Crippen LogP contribution >= 0.6 is 11.8 Å². The van der Waals surface area contributed by atoms with E-state index in [0.717, 1.165) is 0 Å². The number of esters is 1. The first kappa shape index (κ1) is 11.6. The Morgan fingerprint density at radius 3 is 2.86 bits per heavy atom. The number of carbonyl (C=O) groups excluding carboxylic acids is 1. The molecule has 1 saturated heterocycles. The van der Waals surface area contributed by atoms with Crippen LogP contribution in [-0.4, -0.2) is 28.9 Å². The third kappa shape index (κ3) is 2.50. The molecule has 0 bridgehead atoms. The van der Waals surface area contributed by atoms with Crippen LogP contribution in [-0.2, 0) is 9.53 Å². The summed E-state index contributed by atoms with van der Waals surface area (Å²) in [5.41, 5.74) is 5.49. The molecular formula is C9H16N2O2S. The van der Waals surface area contributed by atoms with Gasteiger partial charge < -0.3 is 10.5 Å². The van der Waals surface area contributed by atoms with Crippen LogP contribution in [0.4, 0.5) is 0 Å². The van der Waals surface area contributed by atoms with E-state index >= 15 is 0 Å². The van der Waals surface area contributed by atoms with Crippen LogP contribution in [0.25, 0.3) is 0 Å². The number of hydrogen-bond donors (Lipinski definition) is 2. The SMILES string of the molecule is C=CCOC(=O)C1NC(N)SC1(C)C. The molecule has 4 nitrogen and oxygen atoms in total. The molecule has 80 valence electrons. The third-order valence-electron chi connectivity index (χ3n) is 2.04. The van der Waals surface area contributed by atoms with Crippen LogP contribution in [0.15, 0.2) is 12.7 Å². The highest BCUT2D eigenvalue weighted by molar-refractivity contribution is 8.01. The second-order valence-corrected chi connectivity index (χ2v) is 5.46. The van der Waals surface area contributed by atoms with Crippen LogP contribution in [0, 0.1) is 0 Å². The number of hydrogen-bond acceptors (Lipinski definition) is 5. The van der Waals surface area contributed by atoms with E-state index in [1.54, 1.807) is 6.08 Å². The van der Waals surface area contributed by atoms with Gasteiger partial charge in [-0.05, 0) is 13.8 Å². The van der Waals surface area contributed by atoms with E-state index in [9.17, 15) is 4.79 Å². The molecule has 1 heterocycles. The molecule has 1 fully saturated rings.